The first kappa shape index (κ1) is 14.3. The van der Waals surface area contributed by atoms with Gasteiger partial charge in [0.15, 0.2) is 0 Å². The van der Waals surface area contributed by atoms with Gasteiger partial charge in [0.2, 0.25) is 5.91 Å². The van der Waals surface area contributed by atoms with E-state index in [2.05, 4.69) is 5.32 Å². The largest absolute Gasteiger partial charge is 0.356 e. The molecular formula is C13H17Cl2NO. The van der Waals surface area contributed by atoms with E-state index in [1.54, 1.807) is 0 Å². The number of carbonyl (C=O) groups is 1. The van der Waals surface area contributed by atoms with Crippen LogP contribution in [0.4, 0.5) is 0 Å². The second kappa shape index (κ2) is 8.37. The van der Waals surface area contributed by atoms with Gasteiger partial charge >= 0.3 is 0 Å². The first-order valence-electron chi connectivity index (χ1n) is 5.79. The van der Waals surface area contributed by atoms with Crippen LogP contribution >= 0.6 is 23.2 Å². The van der Waals surface area contributed by atoms with E-state index in [1.807, 2.05) is 24.3 Å². The highest BCUT2D eigenvalue weighted by Crippen LogP contribution is 2.09. The second-order valence-corrected chi connectivity index (χ2v) is 4.69. The molecular weight excluding hydrogens is 257 g/mol. The SMILES string of the molecule is O=C(CCCCCl)NCCc1ccc(Cl)cc1. The second-order valence-electron chi connectivity index (χ2n) is 3.87. The molecule has 0 saturated heterocycles. The van der Waals surface area contributed by atoms with Gasteiger partial charge in [-0.15, -0.1) is 11.6 Å². The van der Waals surface area contributed by atoms with Crippen molar-refractivity contribution in [1.29, 1.82) is 0 Å². The maximum Gasteiger partial charge on any atom is 0.220 e. The quantitative estimate of drug-likeness (QED) is 0.599. The lowest BCUT2D eigenvalue weighted by molar-refractivity contribution is -0.121. The van der Waals surface area contributed by atoms with Gasteiger partial charge in [-0.3, -0.25) is 4.79 Å². The summed E-state index contributed by atoms with van der Waals surface area (Å²) in [5.41, 5.74) is 1.18. The van der Waals surface area contributed by atoms with Crippen LogP contribution in [0, 0.1) is 0 Å². The highest BCUT2D eigenvalue weighted by molar-refractivity contribution is 6.30. The Bertz CT molecular complexity index is 338. The summed E-state index contributed by atoms with van der Waals surface area (Å²) >= 11 is 11.3. The van der Waals surface area contributed by atoms with Crippen LogP contribution in [-0.2, 0) is 11.2 Å². The lowest BCUT2D eigenvalue weighted by Crippen LogP contribution is -2.25. The molecule has 0 saturated carbocycles. The summed E-state index contributed by atoms with van der Waals surface area (Å²) in [7, 11) is 0. The summed E-state index contributed by atoms with van der Waals surface area (Å²) in [6.07, 6.45) is 3.15. The predicted octanol–water partition coefficient (Wildman–Crippen LogP) is 3.41. The van der Waals surface area contributed by atoms with Crippen LogP contribution in [0.25, 0.3) is 0 Å². The van der Waals surface area contributed by atoms with Crippen molar-refractivity contribution in [1.82, 2.24) is 5.32 Å². The van der Waals surface area contributed by atoms with Crippen LogP contribution in [0.1, 0.15) is 24.8 Å². The summed E-state index contributed by atoms with van der Waals surface area (Å²) in [5.74, 6) is 0.724. The summed E-state index contributed by atoms with van der Waals surface area (Å²) in [6.45, 7) is 0.668. The van der Waals surface area contributed by atoms with Crippen molar-refractivity contribution in [2.24, 2.45) is 0 Å². The van der Waals surface area contributed by atoms with E-state index in [1.165, 1.54) is 5.56 Å². The molecule has 0 spiro atoms. The number of carbonyl (C=O) groups excluding carboxylic acids is 1. The van der Waals surface area contributed by atoms with Crippen molar-refractivity contribution in [3.05, 3.63) is 34.9 Å². The minimum absolute atomic E-state index is 0.101. The molecule has 0 aliphatic rings. The monoisotopic (exact) mass is 273 g/mol. The van der Waals surface area contributed by atoms with E-state index in [9.17, 15) is 4.79 Å². The highest BCUT2D eigenvalue weighted by Gasteiger charge is 2.00. The van der Waals surface area contributed by atoms with Crippen LogP contribution in [-0.4, -0.2) is 18.3 Å². The lowest BCUT2D eigenvalue weighted by atomic mass is 10.1. The van der Waals surface area contributed by atoms with E-state index < -0.39 is 0 Å². The Hall–Kier alpha value is -0.730. The van der Waals surface area contributed by atoms with Gasteiger partial charge in [0, 0.05) is 23.9 Å². The Morgan fingerprint density at radius 1 is 1.18 bits per heavy atom. The summed E-state index contributed by atoms with van der Waals surface area (Å²) in [5, 5.41) is 3.62. The third-order valence-corrected chi connectivity index (χ3v) is 2.96. The number of nitrogens with one attached hydrogen (secondary N) is 1. The molecule has 0 aliphatic carbocycles. The first-order chi connectivity index (χ1) is 8.22. The number of benzene rings is 1. The summed E-state index contributed by atoms with van der Waals surface area (Å²) < 4.78 is 0. The maximum absolute atomic E-state index is 11.4. The van der Waals surface area contributed by atoms with Crippen LogP contribution in [0.15, 0.2) is 24.3 Å². The van der Waals surface area contributed by atoms with Gasteiger partial charge in [0.25, 0.3) is 0 Å². The number of rotatable bonds is 7. The predicted molar refractivity (Wildman–Crippen MR) is 72.7 cm³/mol. The third kappa shape index (κ3) is 6.54. The molecule has 2 nitrogen and oxygen atoms in total. The molecule has 0 heterocycles. The minimum atomic E-state index is 0.101. The molecule has 0 aliphatic heterocycles. The number of alkyl halides is 1. The smallest absolute Gasteiger partial charge is 0.220 e. The van der Waals surface area contributed by atoms with Gasteiger partial charge in [-0.25, -0.2) is 0 Å². The fourth-order valence-corrected chi connectivity index (χ4v) is 1.78. The maximum atomic E-state index is 11.4. The fourth-order valence-electron chi connectivity index (χ4n) is 1.47. The summed E-state index contributed by atoms with van der Waals surface area (Å²) in [6, 6.07) is 7.67. The molecule has 0 bridgehead atoms. The zero-order valence-corrected chi connectivity index (χ0v) is 11.2. The first-order valence-corrected chi connectivity index (χ1v) is 6.70. The fraction of sp³-hybridized carbons (Fsp3) is 0.462. The average molecular weight is 274 g/mol. The van der Waals surface area contributed by atoms with E-state index in [4.69, 9.17) is 23.2 Å². The third-order valence-electron chi connectivity index (χ3n) is 2.44. The van der Waals surface area contributed by atoms with E-state index in [-0.39, 0.29) is 5.91 Å². The number of amides is 1. The molecule has 17 heavy (non-hydrogen) atoms. The molecule has 4 heteroatoms. The Labute approximate surface area is 112 Å². The van der Waals surface area contributed by atoms with Gasteiger partial charge < -0.3 is 5.32 Å². The van der Waals surface area contributed by atoms with Gasteiger partial charge in [-0.2, -0.15) is 0 Å². The van der Waals surface area contributed by atoms with Gasteiger partial charge in [0.1, 0.15) is 0 Å². The van der Waals surface area contributed by atoms with Crippen molar-refractivity contribution >= 4 is 29.1 Å². The average Bonchev–Trinajstić information content (AvgIpc) is 2.32. The molecule has 0 unspecified atom stereocenters. The van der Waals surface area contributed by atoms with E-state index in [0.29, 0.717) is 18.8 Å². The number of halogens is 2. The van der Waals surface area contributed by atoms with Gasteiger partial charge in [-0.05, 0) is 37.0 Å². The normalized spacial score (nSPS) is 10.2. The molecule has 94 valence electrons. The zero-order chi connectivity index (χ0) is 12.5. The minimum Gasteiger partial charge on any atom is -0.356 e. The Morgan fingerprint density at radius 2 is 1.88 bits per heavy atom. The molecule has 0 atom stereocenters. The Balaban J connectivity index is 2.14. The van der Waals surface area contributed by atoms with E-state index in [0.717, 1.165) is 24.3 Å². The van der Waals surface area contributed by atoms with Crippen molar-refractivity contribution in [3.8, 4) is 0 Å². The van der Waals surface area contributed by atoms with Crippen LogP contribution < -0.4 is 5.32 Å². The van der Waals surface area contributed by atoms with Crippen molar-refractivity contribution < 1.29 is 4.79 Å². The zero-order valence-electron chi connectivity index (χ0n) is 9.72. The van der Waals surface area contributed by atoms with Crippen molar-refractivity contribution in [2.45, 2.75) is 25.7 Å². The number of unbranched alkanes of at least 4 members (excludes halogenated alkanes) is 1. The molecule has 0 radical (unpaired) electrons. The molecule has 0 fully saturated rings. The summed E-state index contributed by atoms with van der Waals surface area (Å²) in [4.78, 5) is 11.4. The highest BCUT2D eigenvalue weighted by atomic mass is 35.5. The van der Waals surface area contributed by atoms with Gasteiger partial charge in [0.05, 0.1) is 0 Å². The van der Waals surface area contributed by atoms with Gasteiger partial charge in [-0.1, -0.05) is 23.7 Å². The standard InChI is InChI=1S/C13H17Cl2NO/c14-9-2-1-3-13(17)16-10-8-11-4-6-12(15)7-5-11/h4-7H,1-3,8-10H2,(H,16,17). The molecule has 1 aromatic carbocycles. The van der Waals surface area contributed by atoms with E-state index >= 15 is 0 Å². The van der Waals surface area contributed by atoms with Crippen LogP contribution in [0.2, 0.25) is 5.02 Å². The van der Waals surface area contributed by atoms with Crippen molar-refractivity contribution in [3.63, 3.8) is 0 Å². The number of hydrogen-bond donors (Lipinski definition) is 1. The Morgan fingerprint density at radius 3 is 2.53 bits per heavy atom. The molecule has 1 aromatic rings. The molecule has 1 N–H and O–H groups in total. The molecule has 1 amide bonds. The van der Waals surface area contributed by atoms with Crippen LogP contribution in [0.5, 0.6) is 0 Å². The topological polar surface area (TPSA) is 29.1 Å². The Kier molecular flexibility index (Phi) is 7.06. The number of hydrogen-bond acceptors (Lipinski definition) is 1. The van der Waals surface area contributed by atoms with Crippen molar-refractivity contribution in [2.75, 3.05) is 12.4 Å². The molecule has 0 aromatic heterocycles. The molecule has 1 rings (SSSR count). The van der Waals surface area contributed by atoms with Crippen LogP contribution in [0.3, 0.4) is 0 Å². The lowest BCUT2D eigenvalue weighted by Gasteiger charge is -2.05.